The van der Waals surface area contributed by atoms with E-state index in [4.69, 9.17) is 16.2 Å². The van der Waals surface area contributed by atoms with Crippen LogP contribution in [0, 0.1) is 11.3 Å². The van der Waals surface area contributed by atoms with E-state index in [1.807, 2.05) is 6.07 Å². The lowest BCUT2D eigenvalue weighted by Gasteiger charge is -2.43. The van der Waals surface area contributed by atoms with Gasteiger partial charge in [-0.2, -0.15) is 10.4 Å². The molecule has 2 rings (SSSR count). The fourth-order valence-electron chi connectivity index (χ4n) is 2.96. The maximum Gasteiger partial charge on any atom is 0.410 e. The molecule has 0 radical (unpaired) electrons. The van der Waals surface area contributed by atoms with Gasteiger partial charge in [-0.05, 0) is 27.2 Å². The molecule has 1 aliphatic heterocycles. The number of ether oxygens (including phenoxy) is 1. The van der Waals surface area contributed by atoms with E-state index in [1.165, 1.54) is 15.8 Å². The summed E-state index contributed by atoms with van der Waals surface area (Å²) in [5.41, 5.74) is 9.33. The molecule has 0 bridgehead atoms. The van der Waals surface area contributed by atoms with Crippen molar-refractivity contribution in [3.63, 3.8) is 0 Å². The first-order valence-electron chi connectivity index (χ1n) is 8.28. The Morgan fingerprint density at radius 3 is 2.77 bits per heavy atom. The van der Waals surface area contributed by atoms with E-state index in [1.54, 1.807) is 20.8 Å². The average molecular weight is 368 g/mol. The highest BCUT2D eigenvalue weighted by molar-refractivity contribution is 5.68. The molecule has 3 atom stereocenters. The summed E-state index contributed by atoms with van der Waals surface area (Å²) in [5.74, 6) is -0.0286. The standard InChI is InChI=1S/C16H25FN6O3/c1-15(2,3)26-14(25)22-7-5-16(4-6-18,11(17)9-22)23-8-10(13(20)24)12(19)21-23/h8,11,13,24H,4-5,7,9,20H2,1-3H3,(H2,19,21). The number of aliphatic hydroxyl groups is 1. The summed E-state index contributed by atoms with van der Waals surface area (Å²) in [6, 6.07) is 1.98. The smallest absolute Gasteiger partial charge is 0.410 e. The SMILES string of the molecule is CC(C)(C)OC(=O)N1CCC(CC#N)(n2cc(C(N)O)c(N)n2)C(F)C1. The number of nitrogens with zero attached hydrogens (tertiary/aromatic N) is 4. The predicted octanol–water partition coefficient (Wildman–Crippen LogP) is 1.00. The van der Waals surface area contributed by atoms with Crippen LogP contribution in [0.5, 0.6) is 0 Å². The molecule has 144 valence electrons. The number of aliphatic hydroxyl groups excluding tert-OH is 1. The van der Waals surface area contributed by atoms with Crippen LogP contribution in [0.2, 0.25) is 0 Å². The van der Waals surface area contributed by atoms with Crippen LogP contribution in [0.1, 0.15) is 45.4 Å². The largest absolute Gasteiger partial charge is 0.444 e. The Hall–Kier alpha value is -2.38. The van der Waals surface area contributed by atoms with E-state index in [-0.39, 0.29) is 37.3 Å². The number of likely N-dealkylation sites (tertiary alicyclic amines) is 1. The van der Waals surface area contributed by atoms with Crippen LogP contribution in [0.3, 0.4) is 0 Å². The summed E-state index contributed by atoms with van der Waals surface area (Å²) in [5, 5.41) is 22.8. The highest BCUT2D eigenvalue weighted by atomic mass is 19.1. The molecule has 1 amide bonds. The zero-order chi connectivity index (χ0) is 19.7. The van der Waals surface area contributed by atoms with Crippen molar-refractivity contribution in [2.45, 2.75) is 57.2 Å². The third-order valence-corrected chi connectivity index (χ3v) is 4.36. The van der Waals surface area contributed by atoms with Crippen LogP contribution in [0.25, 0.3) is 0 Å². The van der Waals surface area contributed by atoms with Crippen molar-refractivity contribution in [1.29, 1.82) is 5.26 Å². The number of aromatic nitrogens is 2. The van der Waals surface area contributed by atoms with E-state index in [9.17, 15) is 15.2 Å². The number of hydrogen-bond donors (Lipinski definition) is 3. The average Bonchev–Trinajstić information content (AvgIpc) is 2.90. The summed E-state index contributed by atoms with van der Waals surface area (Å²) >= 11 is 0. The number of anilines is 1. The molecule has 1 saturated heterocycles. The van der Waals surface area contributed by atoms with Gasteiger partial charge in [0.15, 0.2) is 5.82 Å². The lowest BCUT2D eigenvalue weighted by molar-refractivity contribution is -0.0180. The third kappa shape index (κ3) is 3.89. The molecule has 9 nitrogen and oxygen atoms in total. The second-order valence-electron chi connectivity index (χ2n) is 7.44. The fraction of sp³-hybridized carbons (Fsp3) is 0.688. The highest BCUT2D eigenvalue weighted by Gasteiger charge is 2.48. The summed E-state index contributed by atoms with van der Waals surface area (Å²) in [4.78, 5) is 13.5. The fourth-order valence-corrected chi connectivity index (χ4v) is 2.96. The van der Waals surface area contributed by atoms with Crippen LogP contribution >= 0.6 is 0 Å². The first-order chi connectivity index (χ1) is 12.0. The topological polar surface area (TPSA) is 143 Å². The van der Waals surface area contributed by atoms with E-state index < -0.39 is 29.6 Å². The molecule has 1 aromatic heterocycles. The van der Waals surface area contributed by atoms with Gasteiger partial charge in [0.25, 0.3) is 0 Å². The molecule has 0 saturated carbocycles. The van der Waals surface area contributed by atoms with Crippen LogP contribution < -0.4 is 11.5 Å². The van der Waals surface area contributed by atoms with Gasteiger partial charge in [-0.15, -0.1) is 0 Å². The second kappa shape index (κ2) is 7.09. The minimum absolute atomic E-state index is 0.0286. The van der Waals surface area contributed by atoms with Crippen molar-refractivity contribution in [1.82, 2.24) is 14.7 Å². The zero-order valence-electron chi connectivity index (χ0n) is 15.1. The monoisotopic (exact) mass is 368 g/mol. The molecule has 2 heterocycles. The summed E-state index contributed by atoms with van der Waals surface area (Å²) in [6.07, 6.45) is -2.22. The Bertz CT molecular complexity index is 708. The number of alkyl halides is 1. The van der Waals surface area contributed by atoms with Gasteiger partial charge in [-0.1, -0.05) is 0 Å². The van der Waals surface area contributed by atoms with Crippen molar-refractivity contribution < 1.29 is 19.0 Å². The van der Waals surface area contributed by atoms with E-state index in [2.05, 4.69) is 5.10 Å². The molecule has 10 heteroatoms. The van der Waals surface area contributed by atoms with Gasteiger partial charge in [0.1, 0.15) is 23.5 Å². The summed E-state index contributed by atoms with van der Waals surface area (Å²) in [6.45, 7) is 5.14. The third-order valence-electron chi connectivity index (χ3n) is 4.36. The van der Waals surface area contributed by atoms with Crippen LogP contribution in [0.4, 0.5) is 15.0 Å². The van der Waals surface area contributed by atoms with Gasteiger partial charge in [0.2, 0.25) is 0 Å². The Labute approximate surface area is 151 Å². The second-order valence-corrected chi connectivity index (χ2v) is 7.44. The molecule has 1 aliphatic rings. The van der Waals surface area contributed by atoms with Gasteiger partial charge in [0.05, 0.1) is 24.6 Å². The molecule has 1 aromatic rings. The minimum Gasteiger partial charge on any atom is -0.444 e. The molecule has 0 aliphatic carbocycles. The summed E-state index contributed by atoms with van der Waals surface area (Å²) in [7, 11) is 0. The van der Waals surface area contributed by atoms with Crippen LogP contribution in [-0.2, 0) is 10.3 Å². The van der Waals surface area contributed by atoms with Gasteiger partial charge in [-0.3, -0.25) is 4.68 Å². The molecule has 0 spiro atoms. The quantitative estimate of drug-likeness (QED) is 0.675. The number of piperidine rings is 1. The molecule has 0 aromatic carbocycles. The number of nitrogens with two attached hydrogens (primary N) is 2. The predicted molar refractivity (Wildman–Crippen MR) is 91.3 cm³/mol. The normalized spacial score (nSPS) is 24.8. The van der Waals surface area contributed by atoms with E-state index in [0.29, 0.717) is 0 Å². The van der Waals surface area contributed by atoms with Crippen molar-refractivity contribution in [2.24, 2.45) is 5.73 Å². The van der Waals surface area contributed by atoms with Crippen LogP contribution in [-0.4, -0.2) is 50.7 Å². The van der Waals surface area contributed by atoms with Crippen LogP contribution in [0.15, 0.2) is 6.20 Å². The molecular weight excluding hydrogens is 343 g/mol. The van der Waals surface area contributed by atoms with Crippen molar-refractivity contribution in [2.75, 3.05) is 18.8 Å². The van der Waals surface area contributed by atoms with Gasteiger partial charge in [-0.25, -0.2) is 9.18 Å². The lowest BCUT2D eigenvalue weighted by atomic mass is 9.83. The number of rotatable bonds is 3. The Balaban J connectivity index is 2.27. The maximum absolute atomic E-state index is 15.2. The van der Waals surface area contributed by atoms with Crippen molar-refractivity contribution in [3.8, 4) is 6.07 Å². The highest BCUT2D eigenvalue weighted by Crippen LogP contribution is 2.37. The minimum atomic E-state index is -1.58. The molecule has 1 fully saturated rings. The number of carbonyl (C=O) groups excluding carboxylic acids is 1. The number of halogens is 1. The number of carbonyl (C=O) groups is 1. The molecule has 5 N–H and O–H groups in total. The summed E-state index contributed by atoms with van der Waals surface area (Å²) < 4.78 is 21.7. The lowest BCUT2D eigenvalue weighted by Crippen LogP contribution is -2.56. The van der Waals surface area contributed by atoms with E-state index >= 15 is 4.39 Å². The van der Waals surface area contributed by atoms with E-state index in [0.717, 1.165) is 0 Å². The Morgan fingerprint density at radius 2 is 2.31 bits per heavy atom. The van der Waals surface area contributed by atoms with Gasteiger partial charge in [0, 0.05) is 12.7 Å². The number of nitrogen functional groups attached to an aromatic ring is 1. The Morgan fingerprint density at radius 1 is 1.65 bits per heavy atom. The Kier molecular flexibility index (Phi) is 5.44. The number of hydrogen-bond acceptors (Lipinski definition) is 7. The van der Waals surface area contributed by atoms with Gasteiger partial charge >= 0.3 is 6.09 Å². The number of amides is 1. The first kappa shape index (κ1) is 19.9. The van der Waals surface area contributed by atoms with Crippen molar-refractivity contribution >= 4 is 11.9 Å². The zero-order valence-corrected chi connectivity index (χ0v) is 15.1. The number of nitriles is 1. The molecular formula is C16H25FN6O3. The van der Waals surface area contributed by atoms with Crippen molar-refractivity contribution in [3.05, 3.63) is 11.8 Å². The first-order valence-corrected chi connectivity index (χ1v) is 8.28. The molecule has 26 heavy (non-hydrogen) atoms. The maximum atomic E-state index is 15.2. The molecule has 3 unspecified atom stereocenters. The van der Waals surface area contributed by atoms with Gasteiger partial charge < -0.3 is 26.2 Å².